The molecule has 0 radical (unpaired) electrons. The van der Waals surface area contributed by atoms with Crippen LogP contribution in [0.15, 0.2) is 48.5 Å². The van der Waals surface area contributed by atoms with Crippen molar-refractivity contribution in [1.82, 2.24) is 4.90 Å². The molecule has 28 heavy (non-hydrogen) atoms. The van der Waals surface area contributed by atoms with Gasteiger partial charge in [0.1, 0.15) is 11.5 Å². The maximum absolute atomic E-state index is 5.98. The first-order chi connectivity index (χ1) is 13.7. The average molecular weight is 383 g/mol. The molecular weight excluding hydrogens is 348 g/mol. The van der Waals surface area contributed by atoms with Crippen LogP contribution in [0, 0.1) is 5.92 Å². The minimum atomic E-state index is 0.642. The van der Waals surface area contributed by atoms with Crippen LogP contribution in [0.2, 0.25) is 0 Å². The zero-order valence-corrected chi connectivity index (χ0v) is 17.6. The molecule has 1 heterocycles. The molecular formula is C24H34N2O2. The van der Waals surface area contributed by atoms with E-state index in [1.54, 1.807) is 7.11 Å². The van der Waals surface area contributed by atoms with Crippen molar-refractivity contribution in [3.8, 4) is 11.5 Å². The van der Waals surface area contributed by atoms with Gasteiger partial charge in [0, 0.05) is 25.8 Å². The standard InChI is InChI=1S/C24H34N2O2/c1-4-15-25(2)22-7-5-20(6-8-22)18-26-16-13-21(14-17-26)19-28-24-11-9-23(27-3)10-12-24/h5-12,21H,4,13-19H2,1-3H3. The quantitative estimate of drug-likeness (QED) is 0.620. The predicted molar refractivity (Wildman–Crippen MR) is 116 cm³/mol. The molecule has 2 aromatic carbocycles. The highest BCUT2D eigenvalue weighted by Gasteiger charge is 2.20. The second-order valence-electron chi connectivity index (χ2n) is 7.79. The summed E-state index contributed by atoms with van der Waals surface area (Å²) in [6.45, 7) is 7.46. The molecule has 4 heteroatoms. The zero-order valence-electron chi connectivity index (χ0n) is 17.6. The van der Waals surface area contributed by atoms with Gasteiger partial charge >= 0.3 is 0 Å². The molecule has 0 atom stereocenters. The van der Waals surface area contributed by atoms with Crippen molar-refractivity contribution >= 4 is 5.69 Å². The molecule has 0 bridgehead atoms. The molecule has 1 fully saturated rings. The van der Waals surface area contributed by atoms with Gasteiger partial charge < -0.3 is 14.4 Å². The molecule has 4 nitrogen and oxygen atoms in total. The van der Waals surface area contributed by atoms with Crippen LogP contribution in [0.1, 0.15) is 31.7 Å². The van der Waals surface area contributed by atoms with Gasteiger partial charge in [-0.3, -0.25) is 4.90 Å². The van der Waals surface area contributed by atoms with Crippen LogP contribution >= 0.6 is 0 Å². The number of piperidine rings is 1. The van der Waals surface area contributed by atoms with Gasteiger partial charge in [0.25, 0.3) is 0 Å². The Morgan fingerprint density at radius 2 is 1.61 bits per heavy atom. The molecule has 0 spiro atoms. The monoisotopic (exact) mass is 382 g/mol. The van der Waals surface area contributed by atoms with E-state index in [0.29, 0.717) is 5.92 Å². The van der Waals surface area contributed by atoms with Gasteiger partial charge in [-0.2, -0.15) is 0 Å². The maximum Gasteiger partial charge on any atom is 0.119 e. The lowest BCUT2D eigenvalue weighted by Crippen LogP contribution is -2.35. The third-order valence-corrected chi connectivity index (χ3v) is 5.59. The van der Waals surface area contributed by atoms with Gasteiger partial charge in [0.2, 0.25) is 0 Å². The first-order valence-electron chi connectivity index (χ1n) is 10.5. The number of likely N-dealkylation sites (tertiary alicyclic amines) is 1. The molecule has 0 saturated carbocycles. The third kappa shape index (κ3) is 5.90. The van der Waals surface area contributed by atoms with Crippen molar-refractivity contribution < 1.29 is 9.47 Å². The van der Waals surface area contributed by atoms with Gasteiger partial charge in [-0.1, -0.05) is 19.1 Å². The maximum atomic E-state index is 5.98. The van der Waals surface area contributed by atoms with Crippen LogP contribution < -0.4 is 14.4 Å². The van der Waals surface area contributed by atoms with E-state index >= 15 is 0 Å². The average Bonchev–Trinajstić information content (AvgIpc) is 2.74. The zero-order chi connectivity index (χ0) is 19.8. The lowest BCUT2D eigenvalue weighted by Gasteiger charge is -2.32. The van der Waals surface area contributed by atoms with E-state index in [0.717, 1.165) is 44.3 Å². The number of hydrogen-bond donors (Lipinski definition) is 0. The normalized spacial score (nSPS) is 15.4. The Bertz CT molecular complexity index is 692. The number of methoxy groups -OCH3 is 1. The highest BCUT2D eigenvalue weighted by Crippen LogP contribution is 2.23. The Morgan fingerprint density at radius 1 is 0.964 bits per heavy atom. The summed E-state index contributed by atoms with van der Waals surface area (Å²) in [5, 5.41) is 0. The fourth-order valence-electron chi connectivity index (χ4n) is 3.78. The van der Waals surface area contributed by atoms with E-state index < -0.39 is 0 Å². The van der Waals surface area contributed by atoms with Crippen molar-refractivity contribution in [3.63, 3.8) is 0 Å². The highest BCUT2D eigenvalue weighted by atomic mass is 16.5. The Kier molecular flexibility index (Phi) is 7.61. The van der Waals surface area contributed by atoms with Gasteiger partial charge in [0.15, 0.2) is 0 Å². The smallest absolute Gasteiger partial charge is 0.119 e. The minimum absolute atomic E-state index is 0.642. The summed E-state index contributed by atoms with van der Waals surface area (Å²) in [6.07, 6.45) is 3.58. The van der Waals surface area contributed by atoms with E-state index in [-0.39, 0.29) is 0 Å². The second-order valence-corrected chi connectivity index (χ2v) is 7.79. The van der Waals surface area contributed by atoms with E-state index in [9.17, 15) is 0 Å². The summed E-state index contributed by atoms with van der Waals surface area (Å²) in [6, 6.07) is 16.9. The third-order valence-electron chi connectivity index (χ3n) is 5.59. The molecule has 0 aromatic heterocycles. The fraction of sp³-hybridized carbons (Fsp3) is 0.500. The molecule has 2 aromatic rings. The van der Waals surface area contributed by atoms with E-state index in [2.05, 4.69) is 48.0 Å². The van der Waals surface area contributed by atoms with Crippen molar-refractivity contribution in [2.45, 2.75) is 32.7 Å². The van der Waals surface area contributed by atoms with Crippen molar-refractivity contribution in [2.24, 2.45) is 5.92 Å². The molecule has 3 rings (SSSR count). The Balaban J connectivity index is 1.40. The van der Waals surface area contributed by atoms with E-state index in [1.165, 1.54) is 30.5 Å². The Labute approximate surface area is 170 Å². The number of nitrogens with zero attached hydrogens (tertiary/aromatic N) is 2. The van der Waals surface area contributed by atoms with Crippen molar-refractivity contribution in [1.29, 1.82) is 0 Å². The van der Waals surface area contributed by atoms with Crippen LogP contribution in [-0.2, 0) is 6.54 Å². The fourth-order valence-corrected chi connectivity index (χ4v) is 3.78. The number of benzene rings is 2. The number of ether oxygens (including phenoxy) is 2. The van der Waals surface area contributed by atoms with Crippen LogP contribution in [0.4, 0.5) is 5.69 Å². The summed E-state index contributed by atoms with van der Waals surface area (Å²) in [5.74, 6) is 2.44. The van der Waals surface area contributed by atoms with Crippen LogP contribution in [-0.4, -0.2) is 45.3 Å². The Hall–Kier alpha value is -2.20. The first kappa shape index (κ1) is 20.5. The summed E-state index contributed by atoms with van der Waals surface area (Å²) < 4.78 is 11.2. The Morgan fingerprint density at radius 3 is 2.21 bits per heavy atom. The summed E-state index contributed by atoms with van der Waals surface area (Å²) >= 11 is 0. The van der Waals surface area contributed by atoms with Gasteiger partial charge in [-0.15, -0.1) is 0 Å². The first-order valence-corrected chi connectivity index (χ1v) is 10.5. The molecule has 0 amide bonds. The molecule has 0 unspecified atom stereocenters. The highest BCUT2D eigenvalue weighted by molar-refractivity contribution is 5.46. The van der Waals surface area contributed by atoms with Crippen LogP contribution in [0.3, 0.4) is 0 Å². The van der Waals surface area contributed by atoms with E-state index in [1.807, 2.05) is 24.3 Å². The lowest BCUT2D eigenvalue weighted by atomic mass is 9.97. The molecule has 0 N–H and O–H groups in total. The second kappa shape index (κ2) is 10.4. The number of hydrogen-bond acceptors (Lipinski definition) is 4. The largest absolute Gasteiger partial charge is 0.497 e. The van der Waals surface area contributed by atoms with Crippen molar-refractivity contribution in [3.05, 3.63) is 54.1 Å². The summed E-state index contributed by atoms with van der Waals surface area (Å²) in [5.41, 5.74) is 2.71. The molecule has 1 aliphatic rings. The molecule has 1 aliphatic heterocycles. The SMILES string of the molecule is CCCN(C)c1ccc(CN2CCC(COc3ccc(OC)cc3)CC2)cc1. The van der Waals surface area contributed by atoms with Crippen molar-refractivity contribution in [2.75, 3.05) is 45.3 Å². The summed E-state index contributed by atoms with van der Waals surface area (Å²) in [7, 11) is 3.85. The van der Waals surface area contributed by atoms with E-state index in [4.69, 9.17) is 9.47 Å². The lowest BCUT2D eigenvalue weighted by molar-refractivity contribution is 0.136. The van der Waals surface area contributed by atoms with Crippen LogP contribution in [0.5, 0.6) is 11.5 Å². The van der Waals surface area contributed by atoms with Gasteiger partial charge in [-0.25, -0.2) is 0 Å². The number of anilines is 1. The van der Waals surface area contributed by atoms with Gasteiger partial charge in [0.05, 0.1) is 13.7 Å². The minimum Gasteiger partial charge on any atom is -0.497 e. The number of rotatable bonds is 9. The predicted octanol–water partition coefficient (Wildman–Crippen LogP) is 4.83. The summed E-state index contributed by atoms with van der Waals surface area (Å²) in [4.78, 5) is 4.88. The topological polar surface area (TPSA) is 24.9 Å². The molecule has 0 aliphatic carbocycles. The molecule has 152 valence electrons. The van der Waals surface area contributed by atoms with Gasteiger partial charge in [-0.05, 0) is 80.2 Å². The van der Waals surface area contributed by atoms with Crippen LogP contribution in [0.25, 0.3) is 0 Å². The molecule has 1 saturated heterocycles.